The molecule has 0 amide bonds. The Kier molecular flexibility index (Phi) is 4.84. The van der Waals surface area contributed by atoms with Gasteiger partial charge < -0.3 is 9.80 Å². The molecule has 8 nitrogen and oxygen atoms in total. The summed E-state index contributed by atoms with van der Waals surface area (Å²) in [6.45, 7) is 3.18. The first-order chi connectivity index (χ1) is 15.0. The molecule has 1 saturated heterocycles. The first-order valence-electron chi connectivity index (χ1n) is 10.00. The quantitative estimate of drug-likeness (QED) is 0.511. The Morgan fingerprint density at radius 1 is 0.935 bits per heavy atom. The number of sulfonamides is 1. The second kappa shape index (κ2) is 7.68. The van der Waals surface area contributed by atoms with Crippen molar-refractivity contribution < 1.29 is 8.42 Å². The summed E-state index contributed by atoms with van der Waals surface area (Å²) in [5, 5.41) is 13.3. The molecule has 0 radical (unpaired) electrons. The van der Waals surface area contributed by atoms with Gasteiger partial charge in [0.05, 0.1) is 16.6 Å². The first kappa shape index (κ1) is 19.5. The Morgan fingerprint density at radius 3 is 2.48 bits per heavy atom. The molecule has 1 aliphatic heterocycles. The monoisotopic (exact) mass is 434 g/mol. The van der Waals surface area contributed by atoms with Crippen LogP contribution in [0.4, 0.5) is 11.4 Å². The summed E-state index contributed by atoms with van der Waals surface area (Å²) in [5.74, 6) is 0. The maximum absolute atomic E-state index is 11.7. The van der Waals surface area contributed by atoms with Crippen LogP contribution in [0.3, 0.4) is 0 Å². The minimum atomic E-state index is -3.72. The van der Waals surface area contributed by atoms with E-state index in [-0.39, 0.29) is 4.90 Å². The van der Waals surface area contributed by atoms with E-state index < -0.39 is 10.0 Å². The predicted molar refractivity (Wildman–Crippen MR) is 122 cm³/mol. The highest BCUT2D eigenvalue weighted by atomic mass is 32.2. The fourth-order valence-corrected chi connectivity index (χ4v) is 4.61. The lowest BCUT2D eigenvalue weighted by atomic mass is 10.0. The number of nitrogens with one attached hydrogen (secondary N) is 1. The molecule has 1 aliphatic rings. The van der Waals surface area contributed by atoms with Crippen molar-refractivity contribution in [3.05, 3.63) is 67.1 Å². The van der Waals surface area contributed by atoms with Crippen LogP contribution < -0.4 is 14.9 Å². The van der Waals surface area contributed by atoms with Gasteiger partial charge in [0.2, 0.25) is 10.0 Å². The zero-order valence-electron chi connectivity index (χ0n) is 16.8. The largest absolute Gasteiger partial charge is 0.368 e. The summed E-state index contributed by atoms with van der Waals surface area (Å²) < 4.78 is 23.4. The summed E-state index contributed by atoms with van der Waals surface area (Å²) in [4.78, 5) is 9.20. The van der Waals surface area contributed by atoms with Crippen LogP contribution in [0.2, 0.25) is 0 Å². The molecule has 5 rings (SSSR count). The summed E-state index contributed by atoms with van der Waals surface area (Å²) in [5.41, 5.74) is 5.10. The normalized spacial score (nSPS) is 14.9. The maximum Gasteiger partial charge on any atom is 0.238 e. The van der Waals surface area contributed by atoms with Crippen molar-refractivity contribution in [2.24, 2.45) is 5.14 Å². The Bertz CT molecular complexity index is 1330. The third-order valence-electron chi connectivity index (χ3n) is 5.68. The van der Waals surface area contributed by atoms with Crippen LogP contribution in [-0.4, -0.2) is 49.8 Å². The van der Waals surface area contributed by atoms with E-state index in [1.807, 2.05) is 30.7 Å². The first-order valence-corrected chi connectivity index (χ1v) is 11.5. The molecule has 2 aromatic heterocycles. The van der Waals surface area contributed by atoms with Gasteiger partial charge in [-0.2, -0.15) is 5.10 Å². The number of hydrogen-bond acceptors (Lipinski definition) is 6. The van der Waals surface area contributed by atoms with Gasteiger partial charge in [-0.1, -0.05) is 12.1 Å². The molecule has 158 valence electrons. The number of nitrogens with zero attached hydrogens (tertiary/aromatic N) is 4. The number of pyridine rings is 1. The van der Waals surface area contributed by atoms with Crippen molar-refractivity contribution in [3.8, 4) is 11.1 Å². The Labute approximate surface area is 180 Å². The highest BCUT2D eigenvalue weighted by Crippen LogP contribution is 2.31. The van der Waals surface area contributed by atoms with Crippen LogP contribution in [0.1, 0.15) is 0 Å². The standard InChI is InChI=1S/C22H22N6O2S/c23-31(29,30)19-3-1-2-18(13-19)27-8-10-28(11-9-27)22-6-7-24-21-5-4-16(12-20(21)22)17-14-25-26-15-17/h1-7,12-15H,8-11H2,(H,25,26)(H2,23,29,30). The number of rotatable bonds is 4. The lowest BCUT2D eigenvalue weighted by Gasteiger charge is -2.38. The van der Waals surface area contributed by atoms with E-state index in [9.17, 15) is 8.42 Å². The van der Waals surface area contributed by atoms with Crippen LogP contribution >= 0.6 is 0 Å². The van der Waals surface area contributed by atoms with Gasteiger partial charge in [-0.05, 0) is 42.0 Å². The molecule has 31 heavy (non-hydrogen) atoms. The van der Waals surface area contributed by atoms with Gasteiger partial charge >= 0.3 is 0 Å². The maximum atomic E-state index is 11.7. The summed E-state index contributed by atoms with van der Waals surface area (Å²) >= 11 is 0. The van der Waals surface area contributed by atoms with Gasteiger partial charge in [0.1, 0.15) is 0 Å². The topological polar surface area (TPSA) is 108 Å². The Morgan fingerprint density at radius 2 is 1.74 bits per heavy atom. The molecule has 3 N–H and O–H groups in total. The number of piperazine rings is 1. The molecule has 9 heteroatoms. The SMILES string of the molecule is NS(=O)(=O)c1cccc(N2CCN(c3ccnc4ccc(-c5cn[nH]c5)cc34)CC2)c1. The molecule has 4 aromatic rings. The number of aromatic amines is 1. The number of H-pyrrole nitrogens is 1. The third kappa shape index (κ3) is 3.85. The average molecular weight is 435 g/mol. The van der Waals surface area contributed by atoms with Crippen molar-refractivity contribution in [2.45, 2.75) is 4.90 Å². The molecule has 0 saturated carbocycles. The lowest BCUT2D eigenvalue weighted by Crippen LogP contribution is -2.46. The molecule has 0 unspecified atom stereocenters. The van der Waals surface area contributed by atoms with E-state index in [1.54, 1.807) is 12.1 Å². The molecular formula is C22H22N6O2S. The van der Waals surface area contributed by atoms with Crippen molar-refractivity contribution in [2.75, 3.05) is 36.0 Å². The molecule has 0 aliphatic carbocycles. The predicted octanol–water partition coefficient (Wildman–Crippen LogP) is 2.60. The minimum Gasteiger partial charge on any atom is -0.368 e. The lowest BCUT2D eigenvalue weighted by molar-refractivity contribution is 0.597. The number of anilines is 2. The Balaban J connectivity index is 1.40. The summed E-state index contributed by atoms with van der Waals surface area (Å²) in [6, 6.07) is 15.1. The molecule has 3 heterocycles. The van der Waals surface area contributed by atoms with Crippen LogP contribution in [-0.2, 0) is 10.0 Å². The number of nitrogens with two attached hydrogens (primary N) is 1. The molecule has 1 fully saturated rings. The van der Waals surface area contributed by atoms with Gasteiger partial charge in [0, 0.05) is 60.9 Å². The van der Waals surface area contributed by atoms with Crippen LogP contribution in [0.5, 0.6) is 0 Å². The fourth-order valence-electron chi connectivity index (χ4n) is 4.06. The van der Waals surface area contributed by atoms with Gasteiger partial charge in [-0.15, -0.1) is 0 Å². The van der Waals surface area contributed by atoms with Crippen LogP contribution in [0.25, 0.3) is 22.0 Å². The smallest absolute Gasteiger partial charge is 0.238 e. The van der Waals surface area contributed by atoms with Crippen molar-refractivity contribution in [1.82, 2.24) is 15.2 Å². The molecular weight excluding hydrogens is 412 g/mol. The second-order valence-electron chi connectivity index (χ2n) is 7.57. The fraction of sp³-hybridized carbons (Fsp3) is 0.182. The van der Waals surface area contributed by atoms with Crippen molar-refractivity contribution >= 4 is 32.3 Å². The zero-order chi connectivity index (χ0) is 21.4. The van der Waals surface area contributed by atoms with Crippen molar-refractivity contribution in [1.29, 1.82) is 0 Å². The number of fused-ring (bicyclic) bond motifs is 1. The molecule has 0 spiro atoms. The van der Waals surface area contributed by atoms with Crippen LogP contribution in [0.15, 0.2) is 72.0 Å². The Hall–Kier alpha value is -3.43. The highest BCUT2D eigenvalue weighted by molar-refractivity contribution is 7.89. The van der Waals surface area contributed by atoms with E-state index in [2.05, 4.69) is 43.2 Å². The van der Waals surface area contributed by atoms with Gasteiger partial charge in [0.25, 0.3) is 0 Å². The summed E-state index contributed by atoms with van der Waals surface area (Å²) in [6.07, 6.45) is 5.54. The van der Waals surface area contributed by atoms with Crippen molar-refractivity contribution in [3.63, 3.8) is 0 Å². The second-order valence-corrected chi connectivity index (χ2v) is 9.13. The number of benzene rings is 2. The minimum absolute atomic E-state index is 0.138. The van der Waals surface area contributed by atoms with E-state index in [4.69, 9.17) is 5.14 Å². The average Bonchev–Trinajstić information content (AvgIpc) is 3.33. The zero-order valence-corrected chi connectivity index (χ0v) is 17.6. The van der Waals surface area contributed by atoms with Gasteiger partial charge in [-0.25, -0.2) is 13.6 Å². The van der Waals surface area contributed by atoms with Gasteiger partial charge in [0.15, 0.2) is 0 Å². The van der Waals surface area contributed by atoms with Crippen LogP contribution in [0, 0.1) is 0 Å². The molecule has 0 bridgehead atoms. The number of aromatic nitrogens is 3. The molecule has 2 aromatic carbocycles. The number of primary sulfonamides is 1. The van der Waals surface area contributed by atoms with E-state index in [1.165, 1.54) is 6.07 Å². The van der Waals surface area contributed by atoms with E-state index >= 15 is 0 Å². The highest BCUT2D eigenvalue weighted by Gasteiger charge is 2.20. The third-order valence-corrected chi connectivity index (χ3v) is 6.59. The molecule has 0 atom stereocenters. The summed E-state index contributed by atoms with van der Waals surface area (Å²) in [7, 11) is -3.72. The van der Waals surface area contributed by atoms with E-state index in [0.717, 1.165) is 59.6 Å². The van der Waals surface area contributed by atoms with E-state index in [0.29, 0.717) is 0 Å². The van der Waals surface area contributed by atoms with Gasteiger partial charge in [-0.3, -0.25) is 10.1 Å². The number of hydrogen-bond donors (Lipinski definition) is 2.